The van der Waals surface area contributed by atoms with Crippen molar-refractivity contribution in [3.8, 4) is 5.75 Å². The second-order valence-corrected chi connectivity index (χ2v) is 4.46. The molecular weight excluding hydrogens is 205 g/mol. The molecule has 0 spiro atoms. The van der Waals surface area contributed by atoms with Gasteiger partial charge in [-0.15, -0.1) is 0 Å². The number of benzene rings is 1. The minimum atomic E-state index is -0.260. The van der Waals surface area contributed by atoms with Crippen LogP contribution < -0.4 is 10.1 Å². The van der Waals surface area contributed by atoms with E-state index in [1.807, 2.05) is 13.0 Å². The smallest absolute Gasteiger partial charge is 0.165 e. The van der Waals surface area contributed by atoms with E-state index in [0.29, 0.717) is 18.3 Å². The highest BCUT2D eigenvalue weighted by atomic mass is 19.1. The summed E-state index contributed by atoms with van der Waals surface area (Å²) in [7, 11) is 0. The molecule has 0 unspecified atom stereocenters. The summed E-state index contributed by atoms with van der Waals surface area (Å²) in [4.78, 5) is 0. The van der Waals surface area contributed by atoms with Crippen LogP contribution in [0.4, 0.5) is 4.39 Å². The van der Waals surface area contributed by atoms with Gasteiger partial charge < -0.3 is 10.1 Å². The average Bonchev–Trinajstić information content (AvgIpc) is 2.29. The van der Waals surface area contributed by atoms with Gasteiger partial charge in [0.2, 0.25) is 0 Å². The van der Waals surface area contributed by atoms with E-state index in [-0.39, 0.29) is 5.82 Å². The molecule has 0 bridgehead atoms. The number of rotatable bonds is 3. The number of piperidine rings is 1. The van der Waals surface area contributed by atoms with E-state index in [1.54, 1.807) is 6.07 Å². The van der Waals surface area contributed by atoms with Crippen molar-refractivity contribution in [3.63, 3.8) is 0 Å². The first kappa shape index (κ1) is 11.4. The predicted molar refractivity (Wildman–Crippen MR) is 62.2 cm³/mol. The van der Waals surface area contributed by atoms with Crippen LogP contribution >= 0.6 is 0 Å². The van der Waals surface area contributed by atoms with Gasteiger partial charge in [0.1, 0.15) is 0 Å². The van der Waals surface area contributed by atoms with Crippen molar-refractivity contribution in [1.29, 1.82) is 0 Å². The summed E-state index contributed by atoms with van der Waals surface area (Å²) in [6.45, 7) is 4.55. The Labute approximate surface area is 95.8 Å². The maximum atomic E-state index is 13.5. The molecule has 1 heterocycles. The molecule has 0 amide bonds. The molecule has 1 aromatic rings. The molecule has 1 fully saturated rings. The molecule has 1 N–H and O–H groups in total. The first-order valence-corrected chi connectivity index (χ1v) is 5.85. The second kappa shape index (κ2) is 5.30. The highest BCUT2D eigenvalue weighted by Crippen LogP contribution is 2.19. The average molecular weight is 223 g/mol. The third-order valence-corrected chi connectivity index (χ3v) is 2.96. The van der Waals surface area contributed by atoms with E-state index in [4.69, 9.17) is 4.74 Å². The van der Waals surface area contributed by atoms with Gasteiger partial charge >= 0.3 is 0 Å². The first-order chi connectivity index (χ1) is 7.75. The van der Waals surface area contributed by atoms with E-state index < -0.39 is 0 Å². The fourth-order valence-corrected chi connectivity index (χ4v) is 2.00. The van der Waals surface area contributed by atoms with Crippen molar-refractivity contribution in [2.24, 2.45) is 5.92 Å². The molecule has 1 aliphatic rings. The Hall–Kier alpha value is -1.09. The minimum Gasteiger partial charge on any atom is -0.490 e. The molecule has 1 saturated heterocycles. The van der Waals surface area contributed by atoms with Crippen LogP contribution in [0.3, 0.4) is 0 Å². The zero-order valence-electron chi connectivity index (χ0n) is 9.63. The molecule has 3 heteroatoms. The van der Waals surface area contributed by atoms with E-state index in [2.05, 4.69) is 5.32 Å². The topological polar surface area (TPSA) is 21.3 Å². The highest BCUT2D eigenvalue weighted by Gasteiger charge is 2.14. The van der Waals surface area contributed by atoms with Gasteiger partial charge in [0, 0.05) is 12.5 Å². The number of ether oxygens (including phenoxy) is 1. The van der Waals surface area contributed by atoms with Crippen LogP contribution in [-0.2, 0) is 0 Å². The van der Waals surface area contributed by atoms with E-state index in [1.165, 1.54) is 18.9 Å². The molecule has 2 rings (SSSR count). The van der Waals surface area contributed by atoms with Crippen molar-refractivity contribution in [1.82, 2.24) is 5.32 Å². The molecule has 1 aromatic carbocycles. The molecule has 0 saturated carbocycles. The van der Waals surface area contributed by atoms with Gasteiger partial charge in [-0.25, -0.2) is 4.39 Å². The van der Waals surface area contributed by atoms with Crippen molar-refractivity contribution in [3.05, 3.63) is 29.6 Å². The number of hydrogen-bond acceptors (Lipinski definition) is 2. The fraction of sp³-hybridized carbons (Fsp3) is 0.538. The lowest BCUT2D eigenvalue weighted by molar-refractivity contribution is 0.211. The number of nitrogens with one attached hydrogen (secondary N) is 1. The van der Waals surface area contributed by atoms with Gasteiger partial charge in [0.05, 0.1) is 6.61 Å². The summed E-state index contributed by atoms with van der Waals surface area (Å²) < 4.78 is 19.0. The lowest BCUT2D eigenvalue weighted by atomic mass is 10.0. The van der Waals surface area contributed by atoms with Crippen LogP contribution in [0.2, 0.25) is 0 Å². The third-order valence-electron chi connectivity index (χ3n) is 2.96. The summed E-state index contributed by atoms with van der Waals surface area (Å²) in [6.07, 6.45) is 2.35. The lowest BCUT2D eigenvalue weighted by Crippen LogP contribution is -2.33. The third kappa shape index (κ3) is 2.95. The van der Waals surface area contributed by atoms with E-state index in [9.17, 15) is 4.39 Å². The maximum absolute atomic E-state index is 13.5. The zero-order valence-corrected chi connectivity index (χ0v) is 9.63. The molecule has 16 heavy (non-hydrogen) atoms. The molecule has 1 atom stereocenters. The minimum absolute atomic E-state index is 0.260. The zero-order chi connectivity index (χ0) is 11.4. The van der Waals surface area contributed by atoms with Crippen molar-refractivity contribution >= 4 is 0 Å². The van der Waals surface area contributed by atoms with Crippen LogP contribution in [0.1, 0.15) is 18.4 Å². The summed E-state index contributed by atoms with van der Waals surface area (Å²) >= 11 is 0. The van der Waals surface area contributed by atoms with Gasteiger partial charge in [-0.2, -0.15) is 0 Å². The summed E-state index contributed by atoms with van der Waals surface area (Å²) in [5.74, 6) is 0.620. The van der Waals surface area contributed by atoms with E-state index >= 15 is 0 Å². The Morgan fingerprint density at radius 2 is 2.38 bits per heavy atom. The molecular formula is C13H18FNO. The maximum Gasteiger partial charge on any atom is 0.165 e. The van der Waals surface area contributed by atoms with E-state index in [0.717, 1.165) is 18.7 Å². The molecule has 0 aliphatic carbocycles. The summed E-state index contributed by atoms with van der Waals surface area (Å²) in [5.41, 5.74) is 0.921. The highest BCUT2D eigenvalue weighted by molar-refractivity contribution is 5.28. The Kier molecular flexibility index (Phi) is 3.78. The first-order valence-electron chi connectivity index (χ1n) is 5.85. The monoisotopic (exact) mass is 223 g/mol. The summed E-state index contributed by atoms with van der Waals surface area (Å²) in [6, 6.07) is 5.09. The molecule has 1 aliphatic heterocycles. The Morgan fingerprint density at radius 1 is 1.50 bits per heavy atom. The largest absolute Gasteiger partial charge is 0.490 e. The second-order valence-electron chi connectivity index (χ2n) is 4.46. The van der Waals surface area contributed by atoms with Crippen molar-refractivity contribution < 1.29 is 9.13 Å². The fourth-order valence-electron chi connectivity index (χ4n) is 2.00. The van der Waals surface area contributed by atoms with Gasteiger partial charge in [-0.3, -0.25) is 0 Å². The molecule has 0 aromatic heterocycles. The molecule has 2 nitrogen and oxygen atoms in total. The number of halogens is 1. The van der Waals surface area contributed by atoms with Crippen LogP contribution in [-0.4, -0.2) is 19.7 Å². The Bertz CT molecular complexity index is 348. The standard InChI is InChI=1S/C13H18FNO/c1-10-4-5-13(12(14)7-10)16-9-11-3-2-6-15-8-11/h4-5,7,11,15H,2-3,6,8-9H2,1H3/t11-/m0/s1. The van der Waals surface area contributed by atoms with Crippen LogP contribution in [0, 0.1) is 18.7 Å². The Morgan fingerprint density at radius 3 is 3.06 bits per heavy atom. The molecule has 88 valence electrons. The number of aryl methyl sites for hydroxylation is 1. The van der Waals surface area contributed by atoms with Crippen molar-refractivity contribution in [2.45, 2.75) is 19.8 Å². The number of hydrogen-bond donors (Lipinski definition) is 1. The normalized spacial score (nSPS) is 20.8. The van der Waals surface area contributed by atoms with Gasteiger partial charge in [0.25, 0.3) is 0 Å². The SMILES string of the molecule is Cc1ccc(OC[C@H]2CCCNC2)c(F)c1. The lowest BCUT2D eigenvalue weighted by Gasteiger charge is -2.22. The van der Waals surface area contributed by atoms with Crippen molar-refractivity contribution in [2.75, 3.05) is 19.7 Å². The van der Waals surface area contributed by atoms with Gasteiger partial charge in [-0.05, 0) is 44.0 Å². The van der Waals surface area contributed by atoms with Crippen LogP contribution in [0.15, 0.2) is 18.2 Å². The quantitative estimate of drug-likeness (QED) is 0.850. The predicted octanol–water partition coefficient (Wildman–Crippen LogP) is 2.51. The van der Waals surface area contributed by atoms with Crippen LogP contribution in [0.5, 0.6) is 5.75 Å². The van der Waals surface area contributed by atoms with Gasteiger partial charge in [-0.1, -0.05) is 6.07 Å². The van der Waals surface area contributed by atoms with Gasteiger partial charge in [0.15, 0.2) is 11.6 Å². The van der Waals surface area contributed by atoms with Crippen LogP contribution in [0.25, 0.3) is 0 Å². The Balaban J connectivity index is 1.88. The summed E-state index contributed by atoms with van der Waals surface area (Å²) in [5, 5.41) is 3.32. The molecule has 0 radical (unpaired) electrons.